The van der Waals surface area contributed by atoms with Gasteiger partial charge in [-0.1, -0.05) is 0 Å². The Labute approximate surface area is 86.0 Å². The molecule has 0 atom stereocenters. The molecule has 1 aliphatic heterocycles. The van der Waals surface area contributed by atoms with Crippen LogP contribution in [0.2, 0.25) is 0 Å². The van der Waals surface area contributed by atoms with Crippen LogP contribution in [-0.4, -0.2) is 43.7 Å². The van der Waals surface area contributed by atoms with Gasteiger partial charge in [-0.2, -0.15) is 0 Å². The second kappa shape index (κ2) is 6.65. The second-order valence-corrected chi connectivity index (χ2v) is 3.69. The quantitative estimate of drug-likeness (QED) is 0.643. The highest BCUT2D eigenvalue weighted by atomic mass is 16.2. The van der Waals surface area contributed by atoms with Crippen LogP contribution in [0.3, 0.4) is 0 Å². The van der Waals surface area contributed by atoms with Crippen LogP contribution >= 0.6 is 0 Å². The number of urea groups is 1. The van der Waals surface area contributed by atoms with Crippen LogP contribution < -0.4 is 10.6 Å². The Hall–Kier alpha value is -0.770. The fourth-order valence-electron chi connectivity index (χ4n) is 1.73. The molecular formula is C10H21N3O. The maximum atomic E-state index is 11.0. The van der Waals surface area contributed by atoms with Crippen LogP contribution in [0.25, 0.3) is 0 Å². The van der Waals surface area contributed by atoms with Crippen LogP contribution in [0.4, 0.5) is 4.79 Å². The molecule has 4 heteroatoms. The summed E-state index contributed by atoms with van der Waals surface area (Å²) in [4.78, 5) is 13.5. The number of nitrogens with zero attached hydrogens (tertiary/aromatic N) is 1. The number of carbonyl (C=O) groups is 1. The molecule has 2 N–H and O–H groups in total. The summed E-state index contributed by atoms with van der Waals surface area (Å²) in [6, 6.07) is -0.0473. The van der Waals surface area contributed by atoms with Gasteiger partial charge in [0.1, 0.15) is 0 Å². The lowest BCUT2D eigenvalue weighted by Crippen LogP contribution is -2.36. The Morgan fingerprint density at radius 2 is 2.00 bits per heavy atom. The number of nitrogens with one attached hydrogen (secondary N) is 2. The largest absolute Gasteiger partial charge is 0.338 e. The summed E-state index contributed by atoms with van der Waals surface area (Å²) in [5.41, 5.74) is 0. The SMILES string of the molecule is CCNC(=O)NCCCN1CCCC1. The molecule has 1 heterocycles. The van der Waals surface area contributed by atoms with Crippen molar-refractivity contribution in [3.8, 4) is 0 Å². The van der Waals surface area contributed by atoms with Crippen molar-refractivity contribution in [2.45, 2.75) is 26.2 Å². The van der Waals surface area contributed by atoms with Gasteiger partial charge in [-0.25, -0.2) is 4.79 Å². The van der Waals surface area contributed by atoms with Crippen molar-refractivity contribution >= 4 is 6.03 Å². The minimum atomic E-state index is -0.0473. The minimum Gasteiger partial charge on any atom is -0.338 e. The van der Waals surface area contributed by atoms with E-state index in [1.165, 1.54) is 25.9 Å². The molecule has 2 amide bonds. The molecule has 1 aliphatic rings. The lowest BCUT2D eigenvalue weighted by Gasteiger charge is -2.14. The highest BCUT2D eigenvalue weighted by molar-refractivity contribution is 5.73. The van der Waals surface area contributed by atoms with Gasteiger partial charge < -0.3 is 15.5 Å². The highest BCUT2D eigenvalue weighted by Gasteiger charge is 2.10. The Morgan fingerprint density at radius 1 is 1.29 bits per heavy atom. The third-order valence-corrected chi connectivity index (χ3v) is 2.47. The number of hydrogen-bond acceptors (Lipinski definition) is 2. The van der Waals surface area contributed by atoms with E-state index in [9.17, 15) is 4.79 Å². The number of amides is 2. The molecule has 1 fully saturated rings. The van der Waals surface area contributed by atoms with E-state index in [-0.39, 0.29) is 6.03 Å². The van der Waals surface area contributed by atoms with Crippen LogP contribution in [0.5, 0.6) is 0 Å². The molecule has 1 saturated heterocycles. The van der Waals surface area contributed by atoms with E-state index < -0.39 is 0 Å². The summed E-state index contributed by atoms with van der Waals surface area (Å²) in [5.74, 6) is 0. The van der Waals surface area contributed by atoms with E-state index in [4.69, 9.17) is 0 Å². The van der Waals surface area contributed by atoms with Crippen molar-refractivity contribution in [1.82, 2.24) is 15.5 Å². The molecule has 0 bridgehead atoms. The molecule has 0 aromatic carbocycles. The molecule has 0 spiro atoms. The fourth-order valence-corrected chi connectivity index (χ4v) is 1.73. The smallest absolute Gasteiger partial charge is 0.314 e. The zero-order chi connectivity index (χ0) is 10.2. The summed E-state index contributed by atoms with van der Waals surface area (Å²) >= 11 is 0. The minimum absolute atomic E-state index is 0.0473. The summed E-state index contributed by atoms with van der Waals surface area (Å²) in [7, 11) is 0. The van der Waals surface area contributed by atoms with Crippen LogP contribution in [0, 0.1) is 0 Å². The zero-order valence-electron chi connectivity index (χ0n) is 9.01. The van der Waals surface area contributed by atoms with Crippen molar-refractivity contribution in [3.05, 3.63) is 0 Å². The molecule has 14 heavy (non-hydrogen) atoms. The van der Waals surface area contributed by atoms with E-state index in [0.29, 0.717) is 6.54 Å². The van der Waals surface area contributed by atoms with Crippen LogP contribution in [0.1, 0.15) is 26.2 Å². The fraction of sp³-hybridized carbons (Fsp3) is 0.900. The Balaban J connectivity index is 1.90. The van der Waals surface area contributed by atoms with Gasteiger partial charge in [0, 0.05) is 13.1 Å². The number of carbonyl (C=O) groups excluding carboxylic acids is 1. The number of hydrogen-bond donors (Lipinski definition) is 2. The van der Waals surface area contributed by atoms with E-state index in [1.807, 2.05) is 6.92 Å². The van der Waals surface area contributed by atoms with Gasteiger partial charge in [0.2, 0.25) is 0 Å². The maximum Gasteiger partial charge on any atom is 0.314 e. The second-order valence-electron chi connectivity index (χ2n) is 3.69. The first-order chi connectivity index (χ1) is 6.83. The average Bonchev–Trinajstić information content (AvgIpc) is 2.65. The number of rotatable bonds is 5. The molecule has 0 aromatic rings. The lowest BCUT2D eigenvalue weighted by molar-refractivity contribution is 0.240. The molecule has 0 aromatic heterocycles. The van der Waals surface area contributed by atoms with E-state index >= 15 is 0 Å². The highest BCUT2D eigenvalue weighted by Crippen LogP contribution is 2.06. The summed E-state index contributed by atoms with van der Waals surface area (Å²) < 4.78 is 0. The molecule has 82 valence electrons. The number of likely N-dealkylation sites (tertiary alicyclic amines) is 1. The molecule has 0 saturated carbocycles. The van der Waals surface area contributed by atoms with Crippen LogP contribution in [-0.2, 0) is 0 Å². The zero-order valence-corrected chi connectivity index (χ0v) is 9.01. The Bertz CT molecular complexity index is 167. The lowest BCUT2D eigenvalue weighted by atomic mass is 10.4. The Kier molecular flexibility index (Phi) is 5.37. The van der Waals surface area contributed by atoms with Crippen molar-refractivity contribution < 1.29 is 4.79 Å². The molecular weight excluding hydrogens is 178 g/mol. The van der Waals surface area contributed by atoms with Gasteiger partial charge in [0.05, 0.1) is 0 Å². The monoisotopic (exact) mass is 199 g/mol. The van der Waals surface area contributed by atoms with Crippen molar-refractivity contribution in [2.75, 3.05) is 32.7 Å². The van der Waals surface area contributed by atoms with E-state index in [1.54, 1.807) is 0 Å². The van der Waals surface area contributed by atoms with Gasteiger partial charge in [0.25, 0.3) is 0 Å². The molecule has 0 aliphatic carbocycles. The van der Waals surface area contributed by atoms with Crippen molar-refractivity contribution in [3.63, 3.8) is 0 Å². The van der Waals surface area contributed by atoms with Crippen LogP contribution in [0.15, 0.2) is 0 Å². The van der Waals surface area contributed by atoms with Crippen molar-refractivity contribution in [2.24, 2.45) is 0 Å². The first-order valence-corrected chi connectivity index (χ1v) is 5.57. The summed E-state index contributed by atoms with van der Waals surface area (Å²) in [6.07, 6.45) is 3.73. The van der Waals surface area contributed by atoms with E-state index in [0.717, 1.165) is 19.5 Å². The van der Waals surface area contributed by atoms with Gasteiger partial charge in [-0.3, -0.25) is 0 Å². The predicted molar refractivity (Wildman–Crippen MR) is 57.4 cm³/mol. The van der Waals surface area contributed by atoms with Gasteiger partial charge in [-0.05, 0) is 45.8 Å². The molecule has 4 nitrogen and oxygen atoms in total. The summed E-state index contributed by atoms with van der Waals surface area (Å²) in [5, 5.41) is 5.54. The standard InChI is InChI=1S/C10H21N3O/c1-2-11-10(14)12-6-5-9-13-7-3-4-8-13/h2-9H2,1H3,(H2,11,12,14). The maximum absolute atomic E-state index is 11.0. The first-order valence-electron chi connectivity index (χ1n) is 5.57. The normalized spacial score (nSPS) is 16.9. The topological polar surface area (TPSA) is 44.4 Å². The van der Waals surface area contributed by atoms with Gasteiger partial charge in [0.15, 0.2) is 0 Å². The van der Waals surface area contributed by atoms with Gasteiger partial charge in [-0.15, -0.1) is 0 Å². The summed E-state index contributed by atoms with van der Waals surface area (Å²) in [6.45, 7) is 6.98. The third kappa shape index (κ3) is 4.46. The Morgan fingerprint density at radius 3 is 2.64 bits per heavy atom. The first kappa shape index (κ1) is 11.3. The van der Waals surface area contributed by atoms with E-state index in [2.05, 4.69) is 15.5 Å². The molecule has 1 rings (SSSR count). The average molecular weight is 199 g/mol. The predicted octanol–water partition coefficient (Wildman–Crippen LogP) is 0.791. The van der Waals surface area contributed by atoms with Gasteiger partial charge >= 0.3 is 6.03 Å². The van der Waals surface area contributed by atoms with Crippen molar-refractivity contribution in [1.29, 1.82) is 0 Å². The molecule has 0 radical (unpaired) electrons. The molecule has 0 unspecified atom stereocenters. The third-order valence-electron chi connectivity index (χ3n) is 2.47.